The van der Waals surface area contributed by atoms with Crippen LogP contribution in [0.2, 0.25) is 0 Å². The Morgan fingerprint density at radius 1 is 1.21 bits per heavy atom. The summed E-state index contributed by atoms with van der Waals surface area (Å²) in [6.07, 6.45) is 7.87. The Balaban J connectivity index is 1.88. The van der Waals surface area contributed by atoms with Crippen molar-refractivity contribution in [1.82, 2.24) is 10.3 Å². The van der Waals surface area contributed by atoms with Crippen LogP contribution < -0.4 is 5.32 Å². The lowest BCUT2D eigenvalue weighted by atomic mass is 9.83. The van der Waals surface area contributed by atoms with E-state index in [1.54, 1.807) is 5.56 Å². The van der Waals surface area contributed by atoms with Crippen molar-refractivity contribution in [2.24, 2.45) is 5.92 Å². The van der Waals surface area contributed by atoms with Gasteiger partial charge < -0.3 is 10.3 Å². The molecule has 2 N–H and O–H groups in total. The lowest BCUT2D eigenvalue weighted by Gasteiger charge is -2.28. The molecule has 2 heteroatoms. The van der Waals surface area contributed by atoms with E-state index in [0.29, 0.717) is 0 Å². The van der Waals surface area contributed by atoms with Crippen LogP contribution in [-0.4, -0.2) is 11.5 Å². The predicted octanol–water partition coefficient (Wildman–Crippen LogP) is 2.39. The van der Waals surface area contributed by atoms with E-state index in [9.17, 15) is 0 Å². The molecule has 1 saturated carbocycles. The van der Waals surface area contributed by atoms with Crippen molar-refractivity contribution in [2.75, 3.05) is 6.54 Å². The minimum Gasteiger partial charge on any atom is -0.364 e. The van der Waals surface area contributed by atoms with Crippen LogP contribution in [0.1, 0.15) is 42.9 Å². The fraction of sp³-hybridized carbons (Fsp3) is 0.667. The minimum atomic E-state index is 0.785. The highest BCUT2D eigenvalue weighted by Gasteiger charge is 2.30. The van der Waals surface area contributed by atoms with Crippen LogP contribution in [0.25, 0.3) is 0 Å². The molecule has 76 valence electrons. The summed E-state index contributed by atoms with van der Waals surface area (Å²) in [6.45, 7) is 2.22. The van der Waals surface area contributed by atoms with Crippen molar-refractivity contribution in [3.63, 3.8) is 0 Å². The molecule has 1 atom stereocenters. The number of aromatic amines is 1. The maximum absolute atomic E-state index is 3.52. The number of rotatable bonds is 1. The molecule has 1 unspecified atom stereocenters. The molecule has 1 fully saturated rings. The first-order chi connectivity index (χ1) is 6.95. The van der Waals surface area contributed by atoms with Crippen molar-refractivity contribution in [2.45, 2.75) is 38.1 Å². The zero-order chi connectivity index (χ0) is 9.38. The molecular formula is C12H18N2. The molecule has 2 heterocycles. The molecule has 1 aromatic heterocycles. The topological polar surface area (TPSA) is 27.8 Å². The zero-order valence-electron chi connectivity index (χ0n) is 8.55. The summed E-state index contributed by atoms with van der Waals surface area (Å²) in [5.74, 6) is 1.73. The van der Waals surface area contributed by atoms with Crippen molar-refractivity contribution in [1.29, 1.82) is 0 Å². The summed E-state index contributed by atoms with van der Waals surface area (Å²) < 4.78 is 0. The molecular weight excluding hydrogens is 172 g/mol. The van der Waals surface area contributed by atoms with Crippen molar-refractivity contribution >= 4 is 0 Å². The average Bonchev–Trinajstić information content (AvgIpc) is 2.88. The van der Waals surface area contributed by atoms with Gasteiger partial charge in [0, 0.05) is 30.9 Å². The average molecular weight is 190 g/mol. The van der Waals surface area contributed by atoms with Gasteiger partial charge in [-0.3, -0.25) is 0 Å². The monoisotopic (exact) mass is 190 g/mol. The first kappa shape index (κ1) is 8.54. The van der Waals surface area contributed by atoms with E-state index in [1.165, 1.54) is 37.9 Å². The van der Waals surface area contributed by atoms with Gasteiger partial charge in [-0.05, 0) is 30.4 Å². The third-order valence-electron chi connectivity index (χ3n) is 3.90. The Hall–Kier alpha value is -0.760. The van der Waals surface area contributed by atoms with Gasteiger partial charge >= 0.3 is 0 Å². The Labute approximate surface area is 85.1 Å². The molecule has 2 nitrogen and oxygen atoms in total. The van der Waals surface area contributed by atoms with Gasteiger partial charge in [-0.2, -0.15) is 0 Å². The third kappa shape index (κ3) is 1.29. The van der Waals surface area contributed by atoms with Crippen molar-refractivity contribution in [3.8, 4) is 0 Å². The summed E-state index contributed by atoms with van der Waals surface area (Å²) in [7, 11) is 0. The fourth-order valence-electron chi connectivity index (χ4n) is 3.16. The fourth-order valence-corrected chi connectivity index (χ4v) is 3.16. The van der Waals surface area contributed by atoms with E-state index in [-0.39, 0.29) is 0 Å². The van der Waals surface area contributed by atoms with Crippen LogP contribution in [0.5, 0.6) is 0 Å². The largest absolute Gasteiger partial charge is 0.364 e. The number of hydrogen-bond acceptors (Lipinski definition) is 1. The van der Waals surface area contributed by atoms with Gasteiger partial charge in [-0.15, -0.1) is 0 Å². The van der Waals surface area contributed by atoms with E-state index >= 15 is 0 Å². The van der Waals surface area contributed by atoms with E-state index < -0.39 is 0 Å². The first-order valence-electron chi connectivity index (χ1n) is 5.82. The smallest absolute Gasteiger partial charge is 0.0360 e. The number of H-pyrrole nitrogens is 1. The number of nitrogens with one attached hydrogen (secondary N) is 2. The lowest BCUT2D eigenvalue weighted by molar-refractivity contribution is 0.390. The molecule has 0 spiro atoms. The highest BCUT2D eigenvalue weighted by atomic mass is 14.9. The summed E-state index contributed by atoms with van der Waals surface area (Å²) in [5.41, 5.74) is 3.02. The standard InChI is InChI=1S/C12H18N2/c1-2-4-9(3-1)11-7-13-8-12-10(11)5-6-14-12/h5-6,9,11,13-14H,1-4,7-8H2. The maximum atomic E-state index is 3.52. The van der Waals surface area contributed by atoms with Crippen molar-refractivity contribution < 1.29 is 0 Å². The molecule has 2 aliphatic rings. The minimum absolute atomic E-state index is 0.785. The van der Waals surface area contributed by atoms with Crippen LogP contribution in [0.4, 0.5) is 0 Å². The molecule has 1 aliphatic carbocycles. The van der Waals surface area contributed by atoms with Crippen LogP contribution >= 0.6 is 0 Å². The van der Waals surface area contributed by atoms with E-state index in [0.717, 1.165) is 18.4 Å². The third-order valence-corrected chi connectivity index (χ3v) is 3.90. The molecule has 0 saturated heterocycles. The number of hydrogen-bond donors (Lipinski definition) is 2. The molecule has 0 amide bonds. The van der Waals surface area contributed by atoms with Gasteiger partial charge in [0.2, 0.25) is 0 Å². The van der Waals surface area contributed by atoms with Crippen LogP contribution in [0.15, 0.2) is 12.3 Å². The van der Waals surface area contributed by atoms with Crippen LogP contribution in [0.3, 0.4) is 0 Å². The molecule has 14 heavy (non-hydrogen) atoms. The normalized spacial score (nSPS) is 27.9. The van der Waals surface area contributed by atoms with Crippen LogP contribution in [-0.2, 0) is 6.54 Å². The second-order valence-corrected chi connectivity index (χ2v) is 4.69. The zero-order valence-corrected chi connectivity index (χ0v) is 8.55. The quantitative estimate of drug-likeness (QED) is 0.699. The molecule has 0 aromatic carbocycles. The van der Waals surface area contributed by atoms with Crippen molar-refractivity contribution in [3.05, 3.63) is 23.5 Å². The summed E-state index contributed by atoms with van der Waals surface area (Å²) >= 11 is 0. The Morgan fingerprint density at radius 3 is 2.93 bits per heavy atom. The van der Waals surface area contributed by atoms with E-state index in [4.69, 9.17) is 0 Å². The summed E-state index contributed by atoms with van der Waals surface area (Å²) in [6, 6.07) is 2.29. The lowest BCUT2D eigenvalue weighted by Crippen LogP contribution is -2.31. The van der Waals surface area contributed by atoms with Gasteiger partial charge in [0.05, 0.1) is 0 Å². The molecule has 0 bridgehead atoms. The molecule has 1 aliphatic heterocycles. The van der Waals surface area contributed by atoms with Gasteiger partial charge in [0.1, 0.15) is 0 Å². The maximum Gasteiger partial charge on any atom is 0.0360 e. The van der Waals surface area contributed by atoms with Gasteiger partial charge in [0.15, 0.2) is 0 Å². The Morgan fingerprint density at radius 2 is 2.07 bits per heavy atom. The summed E-state index contributed by atoms with van der Waals surface area (Å²) in [4.78, 5) is 3.35. The molecule has 1 aromatic rings. The highest BCUT2D eigenvalue weighted by molar-refractivity contribution is 5.28. The predicted molar refractivity (Wildman–Crippen MR) is 57.2 cm³/mol. The molecule has 3 rings (SSSR count). The Kier molecular flexibility index (Phi) is 2.09. The van der Waals surface area contributed by atoms with Gasteiger partial charge in [0.25, 0.3) is 0 Å². The Bertz CT molecular complexity index is 310. The second kappa shape index (κ2) is 3.43. The second-order valence-electron chi connectivity index (χ2n) is 4.69. The van der Waals surface area contributed by atoms with Crippen LogP contribution in [0, 0.1) is 5.92 Å². The summed E-state index contributed by atoms with van der Waals surface area (Å²) in [5, 5.41) is 3.52. The number of aromatic nitrogens is 1. The van der Waals surface area contributed by atoms with Gasteiger partial charge in [-0.25, -0.2) is 0 Å². The van der Waals surface area contributed by atoms with Gasteiger partial charge in [-0.1, -0.05) is 12.8 Å². The highest BCUT2D eigenvalue weighted by Crippen LogP contribution is 2.39. The SMILES string of the molecule is c1cc2c([nH]1)CNCC2C1CCCC1. The molecule has 0 radical (unpaired) electrons. The number of fused-ring (bicyclic) bond motifs is 1. The van der Waals surface area contributed by atoms with E-state index in [2.05, 4.69) is 22.6 Å². The van der Waals surface area contributed by atoms with E-state index in [1.807, 2.05) is 0 Å². The first-order valence-corrected chi connectivity index (χ1v) is 5.82.